The Bertz CT molecular complexity index is 1830. The summed E-state index contributed by atoms with van der Waals surface area (Å²) in [4.78, 5) is 27.2. The lowest BCUT2D eigenvalue weighted by molar-refractivity contribution is 0.594. The van der Waals surface area contributed by atoms with Crippen molar-refractivity contribution in [2.45, 2.75) is 11.4 Å². The highest BCUT2D eigenvalue weighted by molar-refractivity contribution is 7.92. The van der Waals surface area contributed by atoms with Gasteiger partial charge in [-0.2, -0.15) is 0 Å². The second-order valence-electron chi connectivity index (χ2n) is 8.43. The summed E-state index contributed by atoms with van der Waals surface area (Å²) in [6.45, 7) is 0.215. The predicted octanol–water partition coefficient (Wildman–Crippen LogP) is 4.68. The zero-order chi connectivity index (χ0) is 26.2. The molecule has 0 amide bonds. The predicted molar refractivity (Wildman–Crippen MR) is 146 cm³/mol. The monoisotopic (exact) mass is 531 g/mol. The first-order chi connectivity index (χ1) is 17.8. The minimum Gasteiger partial charge on any atom is -0.288 e. The van der Waals surface area contributed by atoms with Crippen LogP contribution in [0, 0.1) is 0 Å². The van der Waals surface area contributed by atoms with E-state index in [0.717, 1.165) is 14.4 Å². The number of hydrogen-bond acceptors (Lipinski definition) is 4. The van der Waals surface area contributed by atoms with Crippen molar-refractivity contribution in [1.29, 1.82) is 0 Å². The fourth-order valence-electron chi connectivity index (χ4n) is 4.21. The van der Waals surface area contributed by atoms with Gasteiger partial charge in [0.2, 0.25) is 0 Å². The van der Waals surface area contributed by atoms with Crippen LogP contribution in [0.25, 0.3) is 16.6 Å². The fraction of sp³-hybridized carbons (Fsp3) is 0.0714. The van der Waals surface area contributed by atoms with Gasteiger partial charge in [0.1, 0.15) is 0 Å². The number of anilines is 1. The zero-order valence-electron chi connectivity index (χ0n) is 19.8. The van der Waals surface area contributed by atoms with Gasteiger partial charge < -0.3 is 0 Å². The van der Waals surface area contributed by atoms with Crippen molar-refractivity contribution in [2.24, 2.45) is 0 Å². The topological polar surface area (TPSA) is 81.4 Å². The number of rotatable bonds is 6. The van der Waals surface area contributed by atoms with E-state index >= 15 is 0 Å². The highest BCUT2D eigenvalue weighted by atomic mass is 35.5. The van der Waals surface area contributed by atoms with Crippen LogP contribution in [0.3, 0.4) is 0 Å². The van der Waals surface area contributed by atoms with Crippen molar-refractivity contribution in [2.75, 3.05) is 11.4 Å². The van der Waals surface area contributed by atoms with E-state index in [4.69, 9.17) is 11.6 Å². The molecule has 0 bridgehead atoms. The number of para-hydroxylation sites is 2. The van der Waals surface area contributed by atoms with Gasteiger partial charge in [-0.3, -0.25) is 13.7 Å². The number of sulfonamides is 1. The van der Waals surface area contributed by atoms with Crippen LogP contribution in [0.1, 0.15) is 5.56 Å². The molecule has 0 saturated heterocycles. The van der Waals surface area contributed by atoms with Gasteiger partial charge in [-0.1, -0.05) is 72.3 Å². The summed E-state index contributed by atoms with van der Waals surface area (Å²) in [5.74, 6) is 0. The summed E-state index contributed by atoms with van der Waals surface area (Å²) in [5, 5.41) is 0.380. The molecule has 1 heterocycles. The molecule has 0 saturated carbocycles. The number of halogens is 1. The standard InChI is InChI=1S/C28H22ClN3O4S/c1-30(21-12-6-3-7-13-21)37(35,36)22-16-17-24(29)26(18-22)32-27(33)23-14-8-9-15-25(23)31(28(32)34)19-20-10-4-2-5-11-20/h2-18H,19H2,1H3. The van der Waals surface area contributed by atoms with Gasteiger partial charge in [-0.15, -0.1) is 0 Å². The Hall–Kier alpha value is -4.14. The molecule has 0 aliphatic heterocycles. The van der Waals surface area contributed by atoms with Crippen LogP contribution in [0.4, 0.5) is 5.69 Å². The maximum Gasteiger partial charge on any atom is 0.336 e. The molecule has 9 heteroatoms. The number of nitrogens with zero attached hydrogens (tertiary/aromatic N) is 3. The van der Waals surface area contributed by atoms with E-state index in [-0.39, 0.29) is 22.2 Å². The van der Waals surface area contributed by atoms with Gasteiger partial charge in [-0.25, -0.2) is 17.8 Å². The Balaban J connectivity index is 1.72. The van der Waals surface area contributed by atoms with Gasteiger partial charge in [0.25, 0.3) is 15.6 Å². The average molecular weight is 532 g/mol. The summed E-state index contributed by atoms with van der Waals surface area (Å²) in [6.07, 6.45) is 0. The van der Waals surface area contributed by atoms with Gasteiger partial charge in [0.05, 0.1) is 38.7 Å². The summed E-state index contributed by atoms with van der Waals surface area (Å²) in [6, 6.07) is 28.8. The smallest absolute Gasteiger partial charge is 0.288 e. The van der Waals surface area contributed by atoms with Crippen molar-refractivity contribution in [3.63, 3.8) is 0 Å². The molecule has 5 aromatic rings. The van der Waals surface area contributed by atoms with E-state index in [9.17, 15) is 18.0 Å². The number of fused-ring (bicyclic) bond motifs is 1. The molecule has 0 fully saturated rings. The van der Waals surface area contributed by atoms with Crippen molar-refractivity contribution >= 4 is 38.2 Å². The van der Waals surface area contributed by atoms with Crippen LogP contribution < -0.4 is 15.6 Å². The molecule has 4 aromatic carbocycles. The Morgan fingerprint density at radius 1 is 0.811 bits per heavy atom. The maximum atomic E-state index is 13.8. The molecule has 7 nitrogen and oxygen atoms in total. The van der Waals surface area contributed by atoms with Gasteiger partial charge in [-0.05, 0) is 48.0 Å². The molecule has 1 aromatic heterocycles. The van der Waals surface area contributed by atoms with Crippen LogP contribution in [-0.2, 0) is 16.6 Å². The maximum absolute atomic E-state index is 13.8. The van der Waals surface area contributed by atoms with Gasteiger partial charge in [0, 0.05) is 7.05 Å². The lowest BCUT2D eigenvalue weighted by Gasteiger charge is -2.20. The Morgan fingerprint density at radius 2 is 1.43 bits per heavy atom. The highest BCUT2D eigenvalue weighted by Gasteiger charge is 2.24. The molecule has 0 radical (unpaired) electrons. The molecule has 0 atom stereocenters. The molecular weight excluding hydrogens is 510 g/mol. The molecule has 186 valence electrons. The first-order valence-electron chi connectivity index (χ1n) is 11.4. The number of benzene rings is 4. The SMILES string of the molecule is CN(c1ccccc1)S(=O)(=O)c1ccc(Cl)c(-n2c(=O)c3ccccc3n(Cc3ccccc3)c2=O)c1. The molecule has 0 aliphatic carbocycles. The normalized spacial score (nSPS) is 11.5. The van der Waals surface area contributed by atoms with E-state index in [1.807, 2.05) is 30.3 Å². The Morgan fingerprint density at radius 3 is 2.14 bits per heavy atom. The van der Waals surface area contributed by atoms with Crippen molar-refractivity contribution in [3.05, 3.63) is 135 Å². The summed E-state index contributed by atoms with van der Waals surface area (Å²) in [5.41, 5.74) is 0.588. The highest BCUT2D eigenvalue weighted by Crippen LogP contribution is 2.27. The zero-order valence-corrected chi connectivity index (χ0v) is 21.4. The second kappa shape index (κ2) is 9.72. The molecular formula is C28H22ClN3O4S. The lowest BCUT2D eigenvalue weighted by Crippen LogP contribution is -2.39. The third-order valence-electron chi connectivity index (χ3n) is 6.17. The van der Waals surface area contributed by atoms with Crippen molar-refractivity contribution in [1.82, 2.24) is 9.13 Å². The molecule has 0 spiro atoms. The van der Waals surface area contributed by atoms with E-state index in [0.29, 0.717) is 16.6 Å². The molecule has 0 unspecified atom stereocenters. The Labute approximate surface area is 218 Å². The molecule has 0 aliphatic rings. The first-order valence-corrected chi connectivity index (χ1v) is 13.2. The minimum atomic E-state index is -4.02. The second-order valence-corrected chi connectivity index (χ2v) is 10.8. The summed E-state index contributed by atoms with van der Waals surface area (Å²) < 4.78 is 30.4. The van der Waals surface area contributed by atoms with Crippen LogP contribution in [-0.4, -0.2) is 24.6 Å². The first kappa shape index (κ1) is 24.5. The molecule has 0 N–H and O–H groups in total. The molecule has 37 heavy (non-hydrogen) atoms. The summed E-state index contributed by atoms with van der Waals surface area (Å²) >= 11 is 6.47. The van der Waals surface area contributed by atoms with Gasteiger partial charge >= 0.3 is 5.69 Å². The fourth-order valence-corrected chi connectivity index (χ4v) is 5.63. The van der Waals surface area contributed by atoms with Crippen LogP contribution in [0.5, 0.6) is 0 Å². The van der Waals surface area contributed by atoms with E-state index in [2.05, 4.69) is 0 Å². The minimum absolute atomic E-state index is 0.00762. The van der Waals surface area contributed by atoms with E-state index < -0.39 is 21.3 Å². The largest absolute Gasteiger partial charge is 0.336 e. The number of hydrogen-bond donors (Lipinski definition) is 0. The molecule has 5 rings (SSSR count). The lowest BCUT2D eigenvalue weighted by atomic mass is 10.2. The van der Waals surface area contributed by atoms with Crippen LogP contribution >= 0.6 is 11.6 Å². The number of aromatic nitrogens is 2. The van der Waals surface area contributed by atoms with Crippen molar-refractivity contribution < 1.29 is 8.42 Å². The van der Waals surface area contributed by atoms with Crippen LogP contribution in [0.15, 0.2) is 118 Å². The Kier molecular flexibility index (Phi) is 6.45. The third kappa shape index (κ3) is 4.45. The average Bonchev–Trinajstić information content (AvgIpc) is 2.92. The van der Waals surface area contributed by atoms with E-state index in [1.165, 1.54) is 29.8 Å². The van der Waals surface area contributed by atoms with Crippen LogP contribution in [0.2, 0.25) is 5.02 Å². The summed E-state index contributed by atoms with van der Waals surface area (Å²) in [7, 11) is -2.58. The third-order valence-corrected chi connectivity index (χ3v) is 8.27. The van der Waals surface area contributed by atoms with E-state index in [1.54, 1.807) is 54.6 Å². The van der Waals surface area contributed by atoms with Gasteiger partial charge in [0.15, 0.2) is 0 Å². The van der Waals surface area contributed by atoms with Crippen molar-refractivity contribution in [3.8, 4) is 5.69 Å². The quantitative estimate of drug-likeness (QED) is 0.318.